The summed E-state index contributed by atoms with van der Waals surface area (Å²) >= 11 is 0. The molecule has 2 aromatic rings. The zero-order valence-corrected chi connectivity index (χ0v) is 18.0. The van der Waals surface area contributed by atoms with Crippen LogP contribution in [-0.2, 0) is 4.79 Å². The van der Waals surface area contributed by atoms with Gasteiger partial charge in [-0.25, -0.2) is 18.7 Å². The van der Waals surface area contributed by atoms with Gasteiger partial charge in [-0.15, -0.1) is 0 Å². The molecule has 2 amide bonds. The number of aromatic nitrogens is 2. The minimum absolute atomic E-state index is 0.0354. The average Bonchev–Trinajstić information content (AvgIpc) is 3.58. The van der Waals surface area contributed by atoms with E-state index < -0.39 is 30.7 Å². The summed E-state index contributed by atoms with van der Waals surface area (Å²) in [6.45, 7) is 4.62. The van der Waals surface area contributed by atoms with Crippen LogP contribution in [0.3, 0.4) is 0 Å². The van der Waals surface area contributed by atoms with Crippen molar-refractivity contribution in [2.75, 3.05) is 5.32 Å². The van der Waals surface area contributed by atoms with Gasteiger partial charge in [0.2, 0.25) is 11.9 Å². The van der Waals surface area contributed by atoms with Gasteiger partial charge in [-0.1, -0.05) is 19.1 Å². The van der Waals surface area contributed by atoms with Gasteiger partial charge >= 0.3 is 12.3 Å². The molecule has 1 fully saturated rings. The largest absolute Gasteiger partial charge is 0.452 e. The second-order valence-corrected chi connectivity index (χ2v) is 7.79. The van der Waals surface area contributed by atoms with Crippen LogP contribution in [-0.4, -0.2) is 34.1 Å². The number of carbonyl (C=O) groups excluding carboxylic acids is 2. The predicted molar refractivity (Wildman–Crippen MR) is 111 cm³/mol. The molecule has 0 aliphatic heterocycles. The number of amides is 2. The quantitative estimate of drug-likeness (QED) is 0.593. The molecule has 0 bridgehead atoms. The molecule has 1 saturated carbocycles. The molecule has 1 aliphatic rings. The van der Waals surface area contributed by atoms with Crippen LogP contribution in [0.15, 0.2) is 30.3 Å². The lowest BCUT2D eigenvalue weighted by Crippen LogP contribution is -2.38. The minimum Gasteiger partial charge on any atom is -0.452 e. The van der Waals surface area contributed by atoms with E-state index >= 15 is 0 Å². The molecule has 7 nitrogen and oxygen atoms in total. The molecular formula is C22H25F3N4O3. The monoisotopic (exact) mass is 450 g/mol. The van der Waals surface area contributed by atoms with E-state index in [-0.39, 0.29) is 29.2 Å². The summed E-state index contributed by atoms with van der Waals surface area (Å²) in [6.07, 6.45) is -2.17. The lowest BCUT2D eigenvalue weighted by Gasteiger charge is -2.25. The molecule has 0 saturated heterocycles. The van der Waals surface area contributed by atoms with Crippen LogP contribution < -0.4 is 15.4 Å². The Labute approximate surface area is 183 Å². The Bertz CT molecular complexity index is 1000. The van der Waals surface area contributed by atoms with E-state index in [1.54, 1.807) is 19.9 Å². The van der Waals surface area contributed by atoms with Crippen LogP contribution >= 0.6 is 0 Å². The standard InChI is InChI=1S/C22H25F3N4O3/c1-4-22(25,20(23)24)32-16-7-5-6-15(11-16)13(3)27-19(31)17-10-12(2)26-21(28-17)29-18(30)14-8-9-14/h5-7,10-11,13-14,20H,4,8-9H2,1-3H3,(H,27,31)(H,26,28,29,30). The van der Waals surface area contributed by atoms with E-state index in [9.17, 15) is 22.8 Å². The Morgan fingerprint density at radius 2 is 1.97 bits per heavy atom. The van der Waals surface area contributed by atoms with Gasteiger partial charge in [0.1, 0.15) is 11.4 Å². The van der Waals surface area contributed by atoms with Crippen molar-refractivity contribution in [2.24, 2.45) is 5.92 Å². The van der Waals surface area contributed by atoms with Crippen molar-refractivity contribution in [2.45, 2.75) is 58.4 Å². The first-order valence-corrected chi connectivity index (χ1v) is 10.3. The van der Waals surface area contributed by atoms with Gasteiger partial charge in [-0.05, 0) is 50.5 Å². The van der Waals surface area contributed by atoms with Gasteiger partial charge in [0.25, 0.3) is 5.91 Å². The number of anilines is 1. The number of rotatable bonds is 9. The molecular weight excluding hydrogens is 425 g/mol. The normalized spacial score (nSPS) is 16.2. The van der Waals surface area contributed by atoms with E-state index in [1.165, 1.54) is 31.2 Å². The van der Waals surface area contributed by atoms with E-state index in [0.717, 1.165) is 12.8 Å². The van der Waals surface area contributed by atoms with E-state index in [1.807, 2.05) is 0 Å². The highest BCUT2D eigenvalue weighted by Gasteiger charge is 2.41. The second-order valence-electron chi connectivity index (χ2n) is 7.79. The van der Waals surface area contributed by atoms with Crippen molar-refractivity contribution in [3.63, 3.8) is 0 Å². The molecule has 3 rings (SSSR count). The predicted octanol–water partition coefficient (Wildman–Crippen LogP) is 4.34. The van der Waals surface area contributed by atoms with Gasteiger partial charge in [0.15, 0.2) is 0 Å². The van der Waals surface area contributed by atoms with Crippen molar-refractivity contribution >= 4 is 17.8 Å². The highest BCUT2D eigenvalue weighted by molar-refractivity contribution is 5.95. The number of benzene rings is 1. The van der Waals surface area contributed by atoms with Gasteiger partial charge in [0, 0.05) is 18.0 Å². The topological polar surface area (TPSA) is 93.2 Å². The van der Waals surface area contributed by atoms with Crippen LogP contribution in [0.4, 0.5) is 19.1 Å². The number of alkyl halides is 3. The summed E-state index contributed by atoms with van der Waals surface area (Å²) in [5, 5.41) is 5.36. The van der Waals surface area contributed by atoms with Crippen LogP contribution in [0, 0.1) is 12.8 Å². The summed E-state index contributed by atoms with van der Waals surface area (Å²) in [5.74, 6) is -3.83. The number of nitrogens with zero attached hydrogens (tertiary/aromatic N) is 2. The third-order valence-electron chi connectivity index (χ3n) is 5.07. The lowest BCUT2D eigenvalue weighted by molar-refractivity contribution is -0.168. The smallest absolute Gasteiger partial charge is 0.308 e. The van der Waals surface area contributed by atoms with Crippen molar-refractivity contribution in [1.29, 1.82) is 0 Å². The van der Waals surface area contributed by atoms with Crippen LogP contribution in [0.25, 0.3) is 0 Å². The summed E-state index contributed by atoms with van der Waals surface area (Å²) in [4.78, 5) is 32.9. The number of nitrogens with one attached hydrogen (secondary N) is 2. The number of aryl methyl sites for hydroxylation is 1. The molecule has 1 heterocycles. The van der Waals surface area contributed by atoms with Crippen LogP contribution in [0.5, 0.6) is 5.75 Å². The Morgan fingerprint density at radius 1 is 1.25 bits per heavy atom. The van der Waals surface area contributed by atoms with Crippen LogP contribution in [0.2, 0.25) is 0 Å². The fraction of sp³-hybridized carbons (Fsp3) is 0.455. The maximum Gasteiger partial charge on any atom is 0.308 e. The van der Waals surface area contributed by atoms with Crippen LogP contribution in [0.1, 0.15) is 60.9 Å². The molecule has 0 radical (unpaired) electrons. The first kappa shape index (κ1) is 23.5. The average molecular weight is 450 g/mol. The third-order valence-corrected chi connectivity index (χ3v) is 5.07. The van der Waals surface area contributed by atoms with Crippen molar-refractivity contribution in [3.05, 3.63) is 47.3 Å². The third kappa shape index (κ3) is 5.74. The molecule has 2 atom stereocenters. The van der Waals surface area contributed by atoms with E-state index in [0.29, 0.717) is 11.3 Å². The molecule has 10 heteroatoms. The maximum absolute atomic E-state index is 14.2. The van der Waals surface area contributed by atoms with E-state index in [4.69, 9.17) is 4.74 Å². The number of hydrogen-bond donors (Lipinski definition) is 2. The molecule has 1 aliphatic carbocycles. The number of ether oxygens (including phenoxy) is 1. The van der Waals surface area contributed by atoms with Gasteiger partial charge in [-0.2, -0.15) is 4.39 Å². The summed E-state index contributed by atoms with van der Waals surface area (Å²) in [6, 6.07) is 6.85. The van der Waals surface area contributed by atoms with Crippen molar-refractivity contribution in [1.82, 2.24) is 15.3 Å². The Hall–Kier alpha value is -3.17. The molecule has 2 unspecified atom stereocenters. The van der Waals surface area contributed by atoms with Gasteiger partial charge < -0.3 is 10.1 Å². The zero-order valence-electron chi connectivity index (χ0n) is 18.0. The van der Waals surface area contributed by atoms with Gasteiger partial charge in [0.05, 0.1) is 6.04 Å². The number of carbonyl (C=O) groups is 2. The SMILES string of the molecule is CCC(F)(Oc1cccc(C(C)NC(=O)c2cc(C)nc(NC(=O)C3CC3)n2)c1)C(F)F. The first-order valence-electron chi connectivity index (χ1n) is 10.3. The highest BCUT2D eigenvalue weighted by Crippen LogP contribution is 2.31. The number of hydrogen-bond acceptors (Lipinski definition) is 5. The molecule has 1 aromatic carbocycles. The maximum atomic E-state index is 14.2. The zero-order chi connectivity index (χ0) is 23.5. The minimum atomic E-state index is -3.30. The van der Waals surface area contributed by atoms with Gasteiger partial charge in [-0.3, -0.25) is 14.9 Å². The fourth-order valence-corrected chi connectivity index (χ4v) is 2.97. The molecule has 1 aromatic heterocycles. The highest BCUT2D eigenvalue weighted by atomic mass is 19.3. The molecule has 0 spiro atoms. The summed E-state index contributed by atoms with van der Waals surface area (Å²) in [5.41, 5.74) is 1.09. The lowest BCUT2D eigenvalue weighted by atomic mass is 10.1. The molecule has 32 heavy (non-hydrogen) atoms. The number of halogens is 3. The van der Waals surface area contributed by atoms with Crippen molar-refractivity contribution in [3.8, 4) is 5.75 Å². The van der Waals surface area contributed by atoms with E-state index in [2.05, 4.69) is 20.6 Å². The fourth-order valence-electron chi connectivity index (χ4n) is 2.97. The Morgan fingerprint density at radius 3 is 2.59 bits per heavy atom. The summed E-state index contributed by atoms with van der Waals surface area (Å²) < 4.78 is 45.1. The first-order chi connectivity index (χ1) is 15.1. The Kier molecular flexibility index (Phi) is 7.00. The second kappa shape index (κ2) is 9.54. The molecule has 172 valence electrons. The Balaban J connectivity index is 1.70. The van der Waals surface area contributed by atoms with Crippen molar-refractivity contribution < 1.29 is 27.5 Å². The molecule has 2 N–H and O–H groups in total. The summed E-state index contributed by atoms with van der Waals surface area (Å²) in [7, 11) is 0.